The number of nitrogens with one attached hydrogen (secondary N) is 2. The van der Waals surface area contributed by atoms with Gasteiger partial charge in [-0.2, -0.15) is 0 Å². The first-order chi connectivity index (χ1) is 11.7. The normalized spacial score (nSPS) is 29.2. The van der Waals surface area contributed by atoms with E-state index in [0.717, 1.165) is 31.0 Å². The number of benzene rings is 1. The van der Waals surface area contributed by atoms with Crippen molar-refractivity contribution in [1.82, 2.24) is 15.5 Å². The van der Waals surface area contributed by atoms with E-state index < -0.39 is 0 Å². The molecule has 0 spiro atoms. The highest BCUT2D eigenvalue weighted by molar-refractivity contribution is 6.30. The Balaban J connectivity index is 1.80. The van der Waals surface area contributed by atoms with Crippen LogP contribution >= 0.6 is 11.6 Å². The molecule has 4 nitrogen and oxygen atoms in total. The number of urea groups is 1. The summed E-state index contributed by atoms with van der Waals surface area (Å²) in [4.78, 5) is 15.1. The molecule has 1 aromatic carbocycles. The summed E-state index contributed by atoms with van der Waals surface area (Å²) in [5.41, 5.74) is 0.972. The van der Waals surface area contributed by atoms with Crippen LogP contribution in [0.25, 0.3) is 0 Å². The van der Waals surface area contributed by atoms with Gasteiger partial charge in [0.2, 0.25) is 0 Å². The molecule has 24 heavy (non-hydrogen) atoms. The minimum Gasteiger partial charge on any atom is -0.335 e. The zero-order chi connectivity index (χ0) is 16.6. The molecule has 2 aliphatic heterocycles. The van der Waals surface area contributed by atoms with E-state index in [2.05, 4.69) is 27.7 Å². The molecule has 1 saturated carbocycles. The van der Waals surface area contributed by atoms with Crippen molar-refractivity contribution in [2.75, 3.05) is 19.6 Å². The number of hydrogen-bond donors (Lipinski definition) is 2. The van der Waals surface area contributed by atoms with E-state index in [-0.39, 0.29) is 11.6 Å². The second-order valence-corrected chi connectivity index (χ2v) is 7.86. The van der Waals surface area contributed by atoms with Crippen LogP contribution < -0.4 is 10.6 Å². The molecule has 4 rings (SSSR count). The fourth-order valence-corrected chi connectivity index (χ4v) is 5.29. The molecule has 0 aromatic heterocycles. The fraction of sp³-hybridized carbons (Fsp3) is 0.632. The SMILES string of the molecule is O=C1NCC(c2cccc(Cl)c2)(C2CCCC2)N1C1CCNCC1. The van der Waals surface area contributed by atoms with Gasteiger partial charge in [-0.05, 0) is 62.4 Å². The van der Waals surface area contributed by atoms with Crippen molar-refractivity contribution in [3.63, 3.8) is 0 Å². The fourth-order valence-electron chi connectivity index (χ4n) is 5.10. The first-order valence-corrected chi connectivity index (χ1v) is 9.63. The van der Waals surface area contributed by atoms with Gasteiger partial charge in [-0.25, -0.2) is 4.79 Å². The lowest BCUT2D eigenvalue weighted by Crippen LogP contribution is -2.56. The van der Waals surface area contributed by atoms with Crippen LogP contribution in [0.3, 0.4) is 0 Å². The number of amides is 2. The molecule has 0 radical (unpaired) electrons. The quantitative estimate of drug-likeness (QED) is 0.878. The van der Waals surface area contributed by atoms with Crippen LogP contribution in [0.4, 0.5) is 4.79 Å². The third-order valence-electron chi connectivity index (χ3n) is 6.19. The highest BCUT2D eigenvalue weighted by Gasteiger charge is 2.54. The highest BCUT2D eigenvalue weighted by atomic mass is 35.5. The van der Waals surface area contributed by atoms with Gasteiger partial charge in [-0.1, -0.05) is 36.6 Å². The Labute approximate surface area is 148 Å². The topological polar surface area (TPSA) is 44.4 Å². The van der Waals surface area contributed by atoms with Gasteiger partial charge in [0.25, 0.3) is 0 Å². The molecular formula is C19H26ClN3O. The Kier molecular flexibility index (Phi) is 4.44. The third kappa shape index (κ3) is 2.60. The Bertz CT molecular complexity index is 610. The van der Waals surface area contributed by atoms with Crippen LogP contribution in [0.15, 0.2) is 24.3 Å². The van der Waals surface area contributed by atoms with Crippen LogP contribution in [0, 0.1) is 5.92 Å². The zero-order valence-corrected chi connectivity index (χ0v) is 14.8. The van der Waals surface area contributed by atoms with Gasteiger partial charge in [0, 0.05) is 17.6 Å². The number of nitrogens with zero attached hydrogens (tertiary/aromatic N) is 1. The van der Waals surface area contributed by atoms with Gasteiger partial charge >= 0.3 is 6.03 Å². The van der Waals surface area contributed by atoms with E-state index in [1.807, 2.05) is 12.1 Å². The van der Waals surface area contributed by atoms with Gasteiger partial charge in [0.15, 0.2) is 0 Å². The van der Waals surface area contributed by atoms with Gasteiger partial charge in [-0.15, -0.1) is 0 Å². The molecule has 2 heterocycles. The first kappa shape index (κ1) is 16.2. The average molecular weight is 348 g/mol. The number of hydrogen-bond acceptors (Lipinski definition) is 2. The van der Waals surface area contributed by atoms with Gasteiger partial charge < -0.3 is 15.5 Å². The van der Waals surface area contributed by atoms with Gasteiger partial charge in [0.05, 0.1) is 5.54 Å². The Morgan fingerprint density at radius 3 is 2.58 bits per heavy atom. The van der Waals surface area contributed by atoms with Crippen molar-refractivity contribution in [2.24, 2.45) is 5.92 Å². The molecular weight excluding hydrogens is 322 g/mol. The zero-order valence-electron chi connectivity index (χ0n) is 14.1. The molecule has 3 fully saturated rings. The minimum absolute atomic E-state index is 0.105. The monoisotopic (exact) mass is 347 g/mol. The summed E-state index contributed by atoms with van der Waals surface area (Å²) < 4.78 is 0. The maximum absolute atomic E-state index is 12.9. The molecule has 2 N–H and O–H groups in total. The van der Waals surface area contributed by atoms with Gasteiger partial charge in [-0.3, -0.25) is 0 Å². The van der Waals surface area contributed by atoms with Crippen molar-refractivity contribution < 1.29 is 4.79 Å². The highest BCUT2D eigenvalue weighted by Crippen LogP contribution is 2.48. The molecule has 2 amide bonds. The summed E-state index contributed by atoms with van der Waals surface area (Å²) in [6.45, 7) is 2.69. The average Bonchev–Trinajstić information content (AvgIpc) is 3.24. The summed E-state index contributed by atoms with van der Waals surface area (Å²) in [5, 5.41) is 7.35. The Hall–Kier alpha value is -1.26. The van der Waals surface area contributed by atoms with E-state index in [4.69, 9.17) is 11.6 Å². The molecule has 130 valence electrons. The summed E-state index contributed by atoms with van der Waals surface area (Å²) >= 11 is 6.33. The summed E-state index contributed by atoms with van der Waals surface area (Å²) in [7, 11) is 0. The summed E-state index contributed by atoms with van der Waals surface area (Å²) in [6.07, 6.45) is 6.99. The first-order valence-electron chi connectivity index (χ1n) is 9.26. The predicted octanol–water partition coefficient (Wildman–Crippen LogP) is 3.50. The summed E-state index contributed by atoms with van der Waals surface area (Å²) in [6, 6.07) is 8.61. The predicted molar refractivity (Wildman–Crippen MR) is 96.2 cm³/mol. The van der Waals surface area contributed by atoms with E-state index in [1.165, 1.54) is 31.2 Å². The molecule has 1 aliphatic carbocycles. The van der Waals surface area contributed by atoms with Crippen LogP contribution in [0.2, 0.25) is 5.02 Å². The largest absolute Gasteiger partial charge is 0.335 e. The summed E-state index contributed by atoms with van der Waals surface area (Å²) in [5.74, 6) is 0.518. The number of carbonyl (C=O) groups excluding carboxylic acids is 1. The Morgan fingerprint density at radius 1 is 1.12 bits per heavy atom. The second-order valence-electron chi connectivity index (χ2n) is 7.43. The van der Waals surface area contributed by atoms with Crippen LogP contribution in [0.1, 0.15) is 44.1 Å². The lowest BCUT2D eigenvalue weighted by atomic mass is 9.75. The minimum atomic E-state index is -0.236. The molecule has 3 aliphatic rings. The number of carbonyl (C=O) groups is 1. The number of halogens is 1. The van der Waals surface area contributed by atoms with Crippen molar-refractivity contribution in [3.8, 4) is 0 Å². The second kappa shape index (κ2) is 6.57. The molecule has 2 saturated heterocycles. The molecule has 1 atom stereocenters. The number of piperidine rings is 1. The van der Waals surface area contributed by atoms with E-state index in [0.29, 0.717) is 18.5 Å². The van der Waals surface area contributed by atoms with Crippen LogP contribution in [0.5, 0.6) is 0 Å². The lowest BCUT2D eigenvalue weighted by molar-refractivity contribution is 0.0532. The molecule has 0 bridgehead atoms. The van der Waals surface area contributed by atoms with Crippen molar-refractivity contribution in [1.29, 1.82) is 0 Å². The number of rotatable bonds is 3. The van der Waals surface area contributed by atoms with Crippen molar-refractivity contribution in [3.05, 3.63) is 34.9 Å². The van der Waals surface area contributed by atoms with E-state index in [1.54, 1.807) is 0 Å². The maximum Gasteiger partial charge on any atom is 0.318 e. The maximum atomic E-state index is 12.9. The van der Waals surface area contributed by atoms with Crippen molar-refractivity contribution in [2.45, 2.75) is 50.1 Å². The Morgan fingerprint density at radius 2 is 1.88 bits per heavy atom. The molecule has 1 unspecified atom stereocenters. The molecule has 5 heteroatoms. The van der Waals surface area contributed by atoms with Gasteiger partial charge in [0.1, 0.15) is 0 Å². The smallest absolute Gasteiger partial charge is 0.318 e. The van der Waals surface area contributed by atoms with Crippen LogP contribution in [-0.2, 0) is 5.54 Å². The van der Waals surface area contributed by atoms with E-state index in [9.17, 15) is 4.79 Å². The lowest BCUT2D eigenvalue weighted by Gasteiger charge is -2.47. The molecule has 1 aromatic rings. The van der Waals surface area contributed by atoms with E-state index >= 15 is 0 Å². The standard InChI is InChI=1S/C19H26ClN3O/c20-16-7-3-6-15(12-16)19(14-4-1-2-5-14)13-22-18(24)23(19)17-8-10-21-11-9-17/h3,6-7,12,14,17,21H,1-2,4-5,8-11,13H2,(H,22,24). The van der Waals surface area contributed by atoms with Crippen molar-refractivity contribution >= 4 is 17.6 Å². The van der Waals surface area contributed by atoms with Crippen LogP contribution in [-0.4, -0.2) is 36.6 Å². The third-order valence-corrected chi connectivity index (χ3v) is 6.42.